The number of nitrogens with zero attached hydrogens (tertiary/aromatic N) is 2. The molecule has 3 aromatic rings. The number of methoxy groups -OCH3 is 2. The lowest BCUT2D eigenvalue weighted by Gasteiger charge is -2.21. The first-order chi connectivity index (χ1) is 15.2. The van der Waals surface area contributed by atoms with Crippen molar-refractivity contribution in [3.63, 3.8) is 0 Å². The van der Waals surface area contributed by atoms with E-state index in [9.17, 15) is 4.79 Å². The Kier molecular flexibility index (Phi) is 6.66. The van der Waals surface area contributed by atoms with Gasteiger partial charge < -0.3 is 19.0 Å². The van der Waals surface area contributed by atoms with Crippen molar-refractivity contribution < 1.29 is 28.7 Å². The van der Waals surface area contributed by atoms with Crippen LogP contribution in [0.2, 0.25) is 0 Å². The number of carbonyl (C=O) groups excluding carboxylic acids is 1. The van der Waals surface area contributed by atoms with Gasteiger partial charge in [-0.15, -0.1) is 0 Å². The number of hydroxylamine groups is 2. The minimum Gasteiger partial charge on any atom is -0.497 e. The summed E-state index contributed by atoms with van der Waals surface area (Å²) in [5.41, 5.74) is 3.20. The Morgan fingerprint density at radius 3 is 2.87 bits per heavy atom. The number of ether oxygens (including phenoxy) is 3. The summed E-state index contributed by atoms with van der Waals surface area (Å²) in [6, 6.07) is 11.3. The van der Waals surface area contributed by atoms with Gasteiger partial charge in [-0.1, -0.05) is 18.2 Å². The van der Waals surface area contributed by atoms with E-state index in [1.807, 2.05) is 24.3 Å². The maximum Gasteiger partial charge on any atom is 0.361 e. The molecular weight excluding hydrogens is 420 g/mol. The van der Waals surface area contributed by atoms with Gasteiger partial charge in [-0.3, -0.25) is 4.84 Å². The predicted octanol–water partition coefficient (Wildman–Crippen LogP) is 3.80. The Bertz CT molecular complexity index is 1040. The summed E-state index contributed by atoms with van der Waals surface area (Å²) in [5.74, 6) is 1.56. The minimum absolute atomic E-state index is 0.151. The molecule has 0 saturated heterocycles. The van der Waals surface area contributed by atoms with Crippen LogP contribution in [0.4, 0.5) is 0 Å². The summed E-state index contributed by atoms with van der Waals surface area (Å²) in [5, 5.41) is 2.77. The topological polar surface area (TPSA) is 79.4 Å². The molecule has 2 aromatic carbocycles. The molecule has 4 rings (SSSR count). The normalized spacial score (nSPS) is 12.4. The van der Waals surface area contributed by atoms with E-state index in [2.05, 4.69) is 4.37 Å². The van der Waals surface area contributed by atoms with Gasteiger partial charge >= 0.3 is 5.97 Å². The zero-order valence-electron chi connectivity index (χ0n) is 17.2. The molecule has 31 heavy (non-hydrogen) atoms. The first-order valence-electron chi connectivity index (χ1n) is 9.64. The van der Waals surface area contributed by atoms with Crippen LogP contribution >= 0.6 is 11.5 Å². The highest BCUT2D eigenvalue weighted by Gasteiger charge is 2.20. The lowest BCUT2D eigenvalue weighted by atomic mass is 10.1. The quantitative estimate of drug-likeness (QED) is 0.463. The zero-order chi connectivity index (χ0) is 21.6. The number of benzene rings is 2. The van der Waals surface area contributed by atoms with Crippen molar-refractivity contribution in [2.45, 2.75) is 19.6 Å². The van der Waals surface area contributed by atoms with E-state index in [4.69, 9.17) is 23.9 Å². The first kappa shape index (κ1) is 21.1. The summed E-state index contributed by atoms with van der Waals surface area (Å²) in [4.78, 5) is 23.8. The Morgan fingerprint density at radius 2 is 2.10 bits per heavy atom. The summed E-state index contributed by atoms with van der Waals surface area (Å²) < 4.78 is 20.3. The fourth-order valence-corrected chi connectivity index (χ4v) is 3.63. The van der Waals surface area contributed by atoms with Crippen LogP contribution in [0.5, 0.6) is 17.2 Å². The van der Waals surface area contributed by atoms with E-state index in [1.165, 1.54) is 23.3 Å². The van der Waals surface area contributed by atoms with E-state index in [0.29, 0.717) is 23.7 Å². The summed E-state index contributed by atoms with van der Waals surface area (Å²) in [7, 11) is 3.15. The van der Waals surface area contributed by atoms with E-state index >= 15 is 0 Å². The number of aromatic nitrogens is 1. The van der Waals surface area contributed by atoms with Crippen molar-refractivity contribution in [2.24, 2.45) is 0 Å². The molecule has 0 bridgehead atoms. The Labute approximate surface area is 183 Å². The van der Waals surface area contributed by atoms with Gasteiger partial charge in [0, 0.05) is 23.4 Å². The lowest BCUT2D eigenvalue weighted by molar-refractivity contribution is -0.348. The minimum atomic E-state index is -0.557. The molecular formula is C22H22N2O6S. The summed E-state index contributed by atoms with van der Waals surface area (Å²) in [6.45, 7) is 1.04. The van der Waals surface area contributed by atoms with Crippen LogP contribution in [0, 0.1) is 0 Å². The fourth-order valence-electron chi connectivity index (χ4n) is 3.12. The summed E-state index contributed by atoms with van der Waals surface area (Å²) in [6.07, 6.45) is 2.36. The SMILES string of the molecule is COc1ccc(CN(OCc2ccc3c(c2)OCC3)OC(=O)c2cnsc2)c(OC)c1. The van der Waals surface area contributed by atoms with Crippen molar-refractivity contribution >= 4 is 17.5 Å². The number of carbonyl (C=O) groups is 1. The molecule has 8 nitrogen and oxygen atoms in total. The Balaban J connectivity index is 1.50. The molecule has 0 fully saturated rings. The molecule has 1 aliphatic heterocycles. The van der Waals surface area contributed by atoms with Crippen molar-refractivity contribution in [2.75, 3.05) is 20.8 Å². The second kappa shape index (κ2) is 9.78. The maximum atomic E-state index is 12.5. The third-order valence-electron chi connectivity index (χ3n) is 4.78. The molecule has 0 atom stereocenters. The molecule has 0 unspecified atom stereocenters. The van der Waals surface area contributed by atoms with Crippen LogP contribution in [0.3, 0.4) is 0 Å². The number of rotatable bonds is 9. The van der Waals surface area contributed by atoms with Gasteiger partial charge in [0.25, 0.3) is 0 Å². The highest BCUT2D eigenvalue weighted by Crippen LogP contribution is 2.28. The van der Waals surface area contributed by atoms with Gasteiger partial charge in [-0.25, -0.2) is 9.17 Å². The van der Waals surface area contributed by atoms with Gasteiger partial charge in [0.2, 0.25) is 0 Å². The van der Waals surface area contributed by atoms with Crippen LogP contribution in [0.1, 0.15) is 27.0 Å². The first-order valence-corrected chi connectivity index (χ1v) is 10.5. The van der Waals surface area contributed by atoms with Crippen LogP contribution in [0.25, 0.3) is 0 Å². The second-order valence-electron chi connectivity index (χ2n) is 6.77. The third kappa shape index (κ3) is 5.13. The predicted molar refractivity (Wildman–Crippen MR) is 113 cm³/mol. The number of hydrogen-bond acceptors (Lipinski definition) is 9. The third-order valence-corrected chi connectivity index (χ3v) is 5.37. The van der Waals surface area contributed by atoms with E-state index in [-0.39, 0.29) is 13.2 Å². The van der Waals surface area contributed by atoms with Gasteiger partial charge in [0.1, 0.15) is 17.2 Å². The molecule has 9 heteroatoms. The van der Waals surface area contributed by atoms with Gasteiger partial charge in [0.15, 0.2) is 0 Å². The molecule has 0 saturated carbocycles. The van der Waals surface area contributed by atoms with Gasteiger partial charge in [-0.2, -0.15) is 0 Å². The zero-order valence-corrected chi connectivity index (χ0v) is 18.0. The highest BCUT2D eigenvalue weighted by atomic mass is 32.1. The highest BCUT2D eigenvalue weighted by molar-refractivity contribution is 7.03. The molecule has 0 amide bonds. The standard InChI is InChI=1S/C22H22N2O6S/c1-26-19-6-5-17(20(10-19)27-2)12-24(30-22(25)18-11-23-31-14-18)29-13-15-3-4-16-7-8-28-21(16)9-15/h3-6,9-11,14H,7-8,12-13H2,1-2H3. The smallest absolute Gasteiger partial charge is 0.361 e. The van der Waals surface area contributed by atoms with Crippen molar-refractivity contribution in [1.82, 2.24) is 9.60 Å². The van der Waals surface area contributed by atoms with Crippen LogP contribution < -0.4 is 14.2 Å². The number of hydrogen-bond donors (Lipinski definition) is 0. The molecule has 0 N–H and O–H groups in total. The molecule has 162 valence electrons. The lowest BCUT2D eigenvalue weighted by Crippen LogP contribution is -2.27. The average Bonchev–Trinajstić information content (AvgIpc) is 3.49. The largest absolute Gasteiger partial charge is 0.497 e. The van der Waals surface area contributed by atoms with Crippen molar-refractivity contribution in [3.05, 3.63) is 70.2 Å². The molecule has 0 aliphatic carbocycles. The monoisotopic (exact) mass is 442 g/mol. The van der Waals surface area contributed by atoms with Gasteiger partial charge in [-0.05, 0) is 40.0 Å². The Hall–Kier alpha value is -3.14. The van der Waals surface area contributed by atoms with E-state index in [0.717, 1.165) is 28.5 Å². The van der Waals surface area contributed by atoms with E-state index in [1.54, 1.807) is 31.7 Å². The van der Waals surface area contributed by atoms with Crippen LogP contribution in [0.15, 0.2) is 48.0 Å². The molecule has 1 aromatic heterocycles. The molecule has 1 aliphatic rings. The van der Waals surface area contributed by atoms with E-state index < -0.39 is 5.97 Å². The Morgan fingerprint density at radius 1 is 1.19 bits per heavy atom. The second-order valence-corrected chi connectivity index (χ2v) is 7.43. The van der Waals surface area contributed by atoms with Gasteiger partial charge in [0.05, 0.1) is 45.7 Å². The number of fused-ring (bicyclic) bond motifs is 1. The molecule has 2 heterocycles. The summed E-state index contributed by atoms with van der Waals surface area (Å²) >= 11 is 1.17. The van der Waals surface area contributed by atoms with Crippen LogP contribution in [-0.2, 0) is 29.2 Å². The fraction of sp³-hybridized carbons (Fsp3) is 0.273. The maximum absolute atomic E-state index is 12.5. The van der Waals surface area contributed by atoms with Crippen molar-refractivity contribution in [1.29, 1.82) is 0 Å². The van der Waals surface area contributed by atoms with Crippen LogP contribution in [-0.4, -0.2) is 36.4 Å². The average molecular weight is 442 g/mol. The molecule has 0 radical (unpaired) electrons. The van der Waals surface area contributed by atoms with Crippen molar-refractivity contribution in [3.8, 4) is 17.2 Å². The molecule has 0 spiro atoms.